The number of azo groups is 1. The maximum atomic E-state index is 12.8. The predicted molar refractivity (Wildman–Crippen MR) is 186 cm³/mol. The number of nitrogens with zero attached hydrogens (tertiary/aromatic N) is 6. The van der Waals surface area contributed by atoms with Crippen molar-refractivity contribution in [3.8, 4) is 5.88 Å². The largest absolute Gasteiger partial charge is 0.493 e. The number of pyridine rings is 1. The summed E-state index contributed by atoms with van der Waals surface area (Å²) < 4.78 is 126. The highest BCUT2D eigenvalue weighted by Crippen LogP contribution is 2.35. The number of benzene rings is 2. The van der Waals surface area contributed by atoms with Crippen LogP contribution in [0.4, 0.5) is 34.6 Å². The molecule has 0 amide bonds. The van der Waals surface area contributed by atoms with E-state index >= 15 is 0 Å². The second kappa shape index (κ2) is 15.7. The van der Waals surface area contributed by atoms with Crippen molar-refractivity contribution in [2.24, 2.45) is 10.2 Å². The minimum atomic E-state index is -4.93. The SMILES string of the molecule is CCn1c(O)c(/N=N/c2cc(Nc3nc(Cl)nc(Nc4ccc(S(=O)(=O)CCOS(=O)(=O)O)cc4)n3)ccc2S(=O)(=O)O)c(C)c(CS(=O)(=O)O)c1=O. The van der Waals surface area contributed by atoms with Gasteiger partial charge in [-0.15, -0.1) is 10.2 Å². The Kier molecular flexibility index (Phi) is 12.2. The number of hydrogen-bond acceptors (Lipinski definition) is 18. The first-order valence-electron chi connectivity index (χ1n) is 14.3. The fourth-order valence-electron chi connectivity index (χ4n) is 4.45. The molecule has 0 radical (unpaired) electrons. The second-order valence-electron chi connectivity index (χ2n) is 10.5. The zero-order valence-electron chi connectivity index (χ0n) is 26.9. The lowest BCUT2D eigenvalue weighted by molar-refractivity contribution is 0.284. The summed E-state index contributed by atoms with van der Waals surface area (Å²) in [5.74, 6) is -2.99. The number of halogens is 1. The van der Waals surface area contributed by atoms with Crippen molar-refractivity contribution in [2.45, 2.75) is 35.9 Å². The van der Waals surface area contributed by atoms with Crippen molar-refractivity contribution in [2.75, 3.05) is 23.0 Å². The number of sulfone groups is 1. The molecule has 4 aromatic rings. The van der Waals surface area contributed by atoms with Crippen LogP contribution in [0.25, 0.3) is 0 Å². The van der Waals surface area contributed by atoms with Crippen LogP contribution in [0.1, 0.15) is 18.1 Å². The number of nitrogens with one attached hydrogen (secondary N) is 2. The number of aromatic hydroxyl groups is 1. The van der Waals surface area contributed by atoms with E-state index in [-0.39, 0.29) is 45.6 Å². The van der Waals surface area contributed by atoms with E-state index in [4.69, 9.17) is 16.2 Å². The zero-order chi connectivity index (χ0) is 39.5. The number of aromatic nitrogens is 4. The monoisotopic (exact) mass is 838 g/mol. The van der Waals surface area contributed by atoms with Crippen LogP contribution in [0.5, 0.6) is 5.88 Å². The van der Waals surface area contributed by atoms with E-state index in [9.17, 15) is 52.7 Å². The maximum Gasteiger partial charge on any atom is 0.397 e. The molecule has 2 aromatic heterocycles. The van der Waals surface area contributed by atoms with Crippen molar-refractivity contribution in [3.63, 3.8) is 0 Å². The van der Waals surface area contributed by atoms with Crippen molar-refractivity contribution in [3.05, 3.63) is 69.2 Å². The first kappa shape index (κ1) is 41.1. The summed E-state index contributed by atoms with van der Waals surface area (Å²) in [6, 6.07) is 8.20. The third-order valence-corrected chi connectivity index (χ3v) is 10.7. The Hall–Kier alpha value is -4.67. The maximum absolute atomic E-state index is 12.8. The summed E-state index contributed by atoms with van der Waals surface area (Å²) in [5.41, 5.74) is -2.21. The Labute approximate surface area is 306 Å². The van der Waals surface area contributed by atoms with Gasteiger partial charge in [0, 0.05) is 23.5 Å². The topological polar surface area (TPSA) is 336 Å². The van der Waals surface area contributed by atoms with Gasteiger partial charge in [-0.2, -0.15) is 40.2 Å². The van der Waals surface area contributed by atoms with E-state index in [1.807, 2.05) is 0 Å². The molecule has 6 N–H and O–H groups in total. The molecule has 0 saturated carbocycles. The average molecular weight is 839 g/mol. The van der Waals surface area contributed by atoms with Gasteiger partial charge in [0.1, 0.15) is 22.0 Å². The van der Waals surface area contributed by atoms with Crippen molar-refractivity contribution >= 4 is 86.7 Å². The second-order valence-corrected chi connectivity index (χ2v) is 16.9. The van der Waals surface area contributed by atoms with E-state index < -0.39 is 91.9 Å². The third kappa shape index (κ3) is 10.9. The summed E-state index contributed by atoms with van der Waals surface area (Å²) in [6.45, 7) is 1.70. The van der Waals surface area contributed by atoms with Gasteiger partial charge in [-0.1, -0.05) is 0 Å². The minimum Gasteiger partial charge on any atom is -0.493 e. The zero-order valence-corrected chi connectivity index (χ0v) is 31.0. The highest BCUT2D eigenvalue weighted by atomic mass is 35.5. The van der Waals surface area contributed by atoms with Crippen molar-refractivity contribution in [1.82, 2.24) is 19.5 Å². The highest BCUT2D eigenvalue weighted by molar-refractivity contribution is 7.91. The lowest BCUT2D eigenvalue weighted by atomic mass is 10.1. The lowest BCUT2D eigenvalue weighted by Gasteiger charge is -2.14. The number of rotatable bonds is 15. The molecule has 0 aliphatic heterocycles. The fourth-order valence-corrected chi connectivity index (χ4v) is 7.41. The van der Waals surface area contributed by atoms with Crippen LogP contribution in [0.3, 0.4) is 0 Å². The van der Waals surface area contributed by atoms with Gasteiger partial charge in [-0.05, 0) is 73.5 Å². The van der Waals surface area contributed by atoms with Gasteiger partial charge < -0.3 is 15.7 Å². The molecule has 0 fully saturated rings. The van der Waals surface area contributed by atoms with E-state index in [1.54, 1.807) is 0 Å². The summed E-state index contributed by atoms with van der Waals surface area (Å²) in [5, 5.41) is 23.5. The summed E-state index contributed by atoms with van der Waals surface area (Å²) in [6.07, 6.45) is 0. The standard InChI is InChI=1S/C26H27ClN8O14S4/c1-3-35-22(36)18(13-51(40,41)42)14(2)21(23(35)37)34-33-19-12-16(6-9-20(19)52(43,44)45)29-26-31-24(27)30-25(32-26)28-15-4-7-17(8-5-15)50(38,39)11-10-49-53(46,47)48/h4-9,12,37H,3,10-11,13H2,1-2H3,(H,40,41,42)(H,43,44,45)(H,46,47,48)(H2,28,29,30,31,32)/b34-33+. The van der Waals surface area contributed by atoms with Crippen LogP contribution in [-0.4, -0.2) is 84.3 Å². The van der Waals surface area contributed by atoms with Crippen LogP contribution < -0.4 is 16.2 Å². The van der Waals surface area contributed by atoms with Crippen LogP contribution in [0, 0.1) is 6.92 Å². The molecular formula is C26H27ClN8O14S4. The molecule has 22 nitrogen and oxygen atoms in total. The van der Waals surface area contributed by atoms with Gasteiger partial charge in [0.05, 0.1) is 17.3 Å². The number of anilines is 4. The molecule has 27 heteroatoms. The molecule has 2 aromatic carbocycles. The van der Waals surface area contributed by atoms with Crippen molar-refractivity contribution in [1.29, 1.82) is 0 Å². The van der Waals surface area contributed by atoms with Crippen molar-refractivity contribution < 1.29 is 56.6 Å². The molecule has 0 aliphatic carbocycles. The van der Waals surface area contributed by atoms with Gasteiger partial charge in [0.25, 0.3) is 25.8 Å². The molecule has 0 unspecified atom stereocenters. The average Bonchev–Trinajstić information content (AvgIpc) is 3.01. The van der Waals surface area contributed by atoms with Gasteiger partial charge in [-0.25, -0.2) is 12.6 Å². The molecule has 286 valence electrons. The van der Waals surface area contributed by atoms with E-state index in [0.717, 1.165) is 16.7 Å². The van der Waals surface area contributed by atoms with Gasteiger partial charge in [-0.3, -0.25) is 23.0 Å². The normalized spacial score (nSPS) is 12.6. The molecule has 0 bridgehead atoms. The van der Waals surface area contributed by atoms with Crippen LogP contribution >= 0.6 is 11.6 Å². The quantitative estimate of drug-likeness (QED) is 0.0740. The van der Waals surface area contributed by atoms with E-state index in [0.29, 0.717) is 0 Å². The van der Waals surface area contributed by atoms with Crippen LogP contribution in [0.15, 0.2) is 67.3 Å². The lowest BCUT2D eigenvalue weighted by Crippen LogP contribution is -2.26. The molecule has 0 atom stereocenters. The van der Waals surface area contributed by atoms with E-state index in [2.05, 4.69) is 40.0 Å². The molecule has 2 heterocycles. The Morgan fingerprint density at radius 3 is 2.00 bits per heavy atom. The Morgan fingerprint density at radius 1 is 0.868 bits per heavy atom. The Balaban J connectivity index is 1.64. The van der Waals surface area contributed by atoms with Gasteiger partial charge in [0.2, 0.25) is 23.1 Å². The molecule has 0 aliphatic rings. The summed E-state index contributed by atoms with van der Waals surface area (Å²) >= 11 is 6.06. The Morgan fingerprint density at radius 2 is 1.45 bits per heavy atom. The first-order chi connectivity index (χ1) is 24.5. The molecule has 0 saturated heterocycles. The summed E-state index contributed by atoms with van der Waals surface area (Å²) in [7, 11) is -18.5. The Bertz CT molecular complexity index is 2600. The smallest absolute Gasteiger partial charge is 0.397 e. The predicted octanol–water partition coefficient (Wildman–Crippen LogP) is 2.85. The summed E-state index contributed by atoms with van der Waals surface area (Å²) in [4.78, 5) is 23.8. The highest BCUT2D eigenvalue weighted by Gasteiger charge is 2.23. The van der Waals surface area contributed by atoms with Gasteiger partial charge >= 0.3 is 10.4 Å². The third-order valence-electron chi connectivity index (χ3n) is 6.83. The molecule has 4 rings (SSSR count). The molecular weight excluding hydrogens is 812 g/mol. The van der Waals surface area contributed by atoms with Crippen LogP contribution in [-0.2, 0) is 57.0 Å². The minimum absolute atomic E-state index is 0.0404. The fraction of sp³-hybridized carbons (Fsp3) is 0.231. The first-order valence-corrected chi connectivity index (χ1v) is 20.8. The van der Waals surface area contributed by atoms with Crippen LogP contribution in [0.2, 0.25) is 5.28 Å². The van der Waals surface area contributed by atoms with E-state index in [1.165, 1.54) is 44.2 Å². The number of hydrogen-bond donors (Lipinski definition) is 6. The molecule has 53 heavy (non-hydrogen) atoms. The van der Waals surface area contributed by atoms with Gasteiger partial charge in [0.15, 0.2) is 9.84 Å². The molecule has 0 spiro atoms.